The third kappa shape index (κ3) is 3.62. The molecule has 4 aromatic rings. The predicted molar refractivity (Wildman–Crippen MR) is 118 cm³/mol. The minimum absolute atomic E-state index is 0.332. The second-order valence-electron chi connectivity index (χ2n) is 7.72. The average molecular weight is 434 g/mol. The Morgan fingerprint density at radius 3 is 2.22 bits per heavy atom. The Kier molecular flexibility index (Phi) is 5.25. The lowest BCUT2D eigenvalue weighted by Crippen LogP contribution is -2.42. The van der Waals surface area contributed by atoms with E-state index in [1.807, 2.05) is 11.5 Å². The zero-order valence-corrected chi connectivity index (χ0v) is 18.4. The summed E-state index contributed by atoms with van der Waals surface area (Å²) in [6.45, 7) is 7.25. The third-order valence-electron chi connectivity index (χ3n) is 5.39. The SMILES string of the molecule is Cc1cc(C(=O)NNC(=O)c2cc(C)n(-c3ccc(F)cc3)c2C)c2c(C)nn(C)c2n1. The molecule has 0 saturated carbocycles. The number of rotatable bonds is 3. The van der Waals surface area contributed by atoms with Crippen LogP contribution in [0.1, 0.15) is 43.5 Å². The van der Waals surface area contributed by atoms with E-state index in [9.17, 15) is 14.0 Å². The van der Waals surface area contributed by atoms with Crippen molar-refractivity contribution in [2.45, 2.75) is 27.7 Å². The number of carbonyl (C=O) groups excluding carboxylic acids is 2. The zero-order chi connectivity index (χ0) is 23.2. The maximum atomic E-state index is 13.3. The number of hydrogen-bond donors (Lipinski definition) is 2. The number of carbonyl (C=O) groups is 2. The van der Waals surface area contributed by atoms with Crippen molar-refractivity contribution in [3.63, 3.8) is 0 Å². The summed E-state index contributed by atoms with van der Waals surface area (Å²) >= 11 is 0. The van der Waals surface area contributed by atoms with Crippen LogP contribution >= 0.6 is 0 Å². The van der Waals surface area contributed by atoms with Gasteiger partial charge < -0.3 is 4.57 Å². The largest absolute Gasteiger partial charge is 0.318 e. The average Bonchev–Trinajstić information content (AvgIpc) is 3.20. The minimum Gasteiger partial charge on any atom is -0.318 e. The molecule has 2 amide bonds. The van der Waals surface area contributed by atoms with Gasteiger partial charge in [0.05, 0.1) is 22.2 Å². The van der Waals surface area contributed by atoms with E-state index in [2.05, 4.69) is 20.9 Å². The highest BCUT2D eigenvalue weighted by Gasteiger charge is 2.20. The van der Waals surface area contributed by atoms with Gasteiger partial charge in [-0.05, 0) is 64.1 Å². The fraction of sp³-hybridized carbons (Fsp3) is 0.217. The predicted octanol–water partition coefficient (Wildman–Crippen LogP) is 3.21. The van der Waals surface area contributed by atoms with Gasteiger partial charge in [0.15, 0.2) is 5.65 Å². The van der Waals surface area contributed by atoms with Gasteiger partial charge in [0, 0.05) is 29.8 Å². The fourth-order valence-corrected chi connectivity index (χ4v) is 3.98. The molecule has 0 radical (unpaired) electrons. The first-order valence-corrected chi connectivity index (χ1v) is 10.0. The highest BCUT2D eigenvalue weighted by atomic mass is 19.1. The molecule has 3 aromatic heterocycles. The molecule has 0 aliphatic carbocycles. The van der Waals surface area contributed by atoms with E-state index in [-0.39, 0.29) is 5.82 Å². The summed E-state index contributed by atoms with van der Waals surface area (Å²) in [6.07, 6.45) is 0. The second-order valence-corrected chi connectivity index (χ2v) is 7.72. The molecule has 3 heterocycles. The van der Waals surface area contributed by atoms with Crippen LogP contribution in [0.4, 0.5) is 4.39 Å². The molecular weight excluding hydrogens is 411 g/mol. The van der Waals surface area contributed by atoms with Crippen LogP contribution in [0.15, 0.2) is 36.4 Å². The summed E-state index contributed by atoms with van der Waals surface area (Å²) < 4.78 is 16.8. The van der Waals surface area contributed by atoms with Crippen LogP contribution in [-0.4, -0.2) is 31.1 Å². The minimum atomic E-state index is -0.461. The normalized spacial score (nSPS) is 11.1. The van der Waals surface area contributed by atoms with E-state index >= 15 is 0 Å². The van der Waals surface area contributed by atoms with Gasteiger partial charge in [0.25, 0.3) is 11.8 Å². The molecule has 1 aromatic carbocycles. The van der Waals surface area contributed by atoms with Crippen molar-refractivity contribution in [3.8, 4) is 5.69 Å². The standard InChI is InChI=1S/C23H23FN6O2/c1-12-10-19(20-14(3)28-29(5)21(20)25-12)23(32)27-26-22(31)18-11-13(2)30(15(18)4)17-8-6-16(24)7-9-17/h6-11H,1-5H3,(H,26,31)(H,27,32). The van der Waals surface area contributed by atoms with Crippen molar-refractivity contribution >= 4 is 22.8 Å². The summed E-state index contributed by atoms with van der Waals surface area (Å²) in [5.74, 6) is -1.25. The van der Waals surface area contributed by atoms with E-state index in [1.54, 1.807) is 56.8 Å². The number of amides is 2. The third-order valence-corrected chi connectivity index (χ3v) is 5.39. The molecule has 9 heteroatoms. The summed E-state index contributed by atoms with van der Waals surface area (Å²) in [5.41, 5.74) is 9.94. The molecule has 0 unspecified atom stereocenters. The summed E-state index contributed by atoms with van der Waals surface area (Å²) in [6, 6.07) is 9.41. The zero-order valence-electron chi connectivity index (χ0n) is 18.4. The van der Waals surface area contributed by atoms with Gasteiger partial charge in [-0.3, -0.25) is 25.1 Å². The van der Waals surface area contributed by atoms with Gasteiger partial charge in [0.1, 0.15) is 5.82 Å². The lowest BCUT2D eigenvalue weighted by Gasteiger charge is -2.11. The Hall–Kier alpha value is -4.01. The van der Waals surface area contributed by atoms with Crippen molar-refractivity contribution in [3.05, 3.63) is 76.1 Å². The molecular formula is C23H23FN6O2. The number of pyridine rings is 1. The highest BCUT2D eigenvalue weighted by molar-refractivity contribution is 6.07. The Balaban J connectivity index is 1.58. The van der Waals surface area contributed by atoms with Gasteiger partial charge in [-0.15, -0.1) is 0 Å². The van der Waals surface area contributed by atoms with Gasteiger partial charge >= 0.3 is 0 Å². The highest BCUT2D eigenvalue weighted by Crippen LogP contribution is 2.22. The Morgan fingerprint density at radius 1 is 0.938 bits per heavy atom. The van der Waals surface area contributed by atoms with Gasteiger partial charge in [-0.25, -0.2) is 9.37 Å². The first-order valence-electron chi connectivity index (χ1n) is 10.0. The summed E-state index contributed by atoms with van der Waals surface area (Å²) in [7, 11) is 1.77. The first-order chi connectivity index (χ1) is 15.2. The topological polar surface area (TPSA) is 93.8 Å². The Bertz CT molecular complexity index is 1370. The number of benzene rings is 1. The van der Waals surface area contributed by atoms with Crippen molar-refractivity contribution in [1.29, 1.82) is 0 Å². The molecule has 0 bridgehead atoms. The van der Waals surface area contributed by atoms with E-state index in [0.717, 1.165) is 11.4 Å². The smallest absolute Gasteiger partial charge is 0.271 e. The van der Waals surface area contributed by atoms with E-state index in [0.29, 0.717) is 39.2 Å². The number of nitrogens with zero attached hydrogens (tertiary/aromatic N) is 4. The molecule has 0 saturated heterocycles. The van der Waals surface area contributed by atoms with Gasteiger partial charge in [0.2, 0.25) is 0 Å². The van der Waals surface area contributed by atoms with Crippen LogP contribution in [0.25, 0.3) is 16.7 Å². The number of nitrogens with one attached hydrogen (secondary N) is 2. The van der Waals surface area contributed by atoms with Crippen molar-refractivity contribution in [2.75, 3.05) is 0 Å². The van der Waals surface area contributed by atoms with Crippen LogP contribution in [0.2, 0.25) is 0 Å². The molecule has 8 nitrogen and oxygen atoms in total. The molecule has 0 spiro atoms. The molecule has 2 N–H and O–H groups in total. The summed E-state index contributed by atoms with van der Waals surface area (Å²) in [5, 5.41) is 4.97. The Morgan fingerprint density at radius 2 is 1.56 bits per heavy atom. The maximum absolute atomic E-state index is 13.3. The molecule has 4 rings (SSSR count). The number of aromatic nitrogens is 4. The number of halogens is 1. The first kappa shape index (κ1) is 21.2. The summed E-state index contributed by atoms with van der Waals surface area (Å²) in [4.78, 5) is 30.2. The van der Waals surface area contributed by atoms with E-state index in [1.165, 1.54) is 12.1 Å². The number of hydrazine groups is 1. The van der Waals surface area contributed by atoms with Crippen LogP contribution < -0.4 is 10.9 Å². The molecule has 164 valence electrons. The number of fused-ring (bicyclic) bond motifs is 1. The van der Waals surface area contributed by atoms with Gasteiger partial charge in [-0.1, -0.05) is 0 Å². The quantitative estimate of drug-likeness (QED) is 0.484. The van der Waals surface area contributed by atoms with Crippen LogP contribution in [-0.2, 0) is 7.05 Å². The number of hydrogen-bond acceptors (Lipinski definition) is 4. The molecule has 0 aliphatic heterocycles. The van der Waals surface area contributed by atoms with Gasteiger partial charge in [-0.2, -0.15) is 5.10 Å². The molecule has 32 heavy (non-hydrogen) atoms. The van der Waals surface area contributed by atoms with Crippen LogP contribution in [0, 0.1) is 33.5 Å². The maximum Gasteiger partial charge on any atom is 0.271 e. The lowest BCUT2D eigenvalue weighted by molar-refractivity contribution is 0.0847. The molecule has 0 atom stereocenters. The Labute approximate surface area is 184 Å². The molecule has 0 fully saturated rings. The van der Waals surface area contributed by atoms with Crippen LogP contribution in [0.5, 0.6) is 0 Å². The van der Waals surface area contributed by atoms with Crippen molar-refractivity contribution < 1.29 is 14.0 Å². The van der Waals surface area contributed by atoms with E-state index in [4.69, 9.17) is 0 Å². The van der Waals surface area contributed by atoms with Crippen molar-refractivity contribution in [2.24, 2.45) is 7.05 Å². The van der Waals surface area contributed by atoms with Crippen molar-refractivity contribution in [1.82, 2.24) is 30.2 Å². The number of aryl methyl sites for hydroxylation is 4. The lowest BCUT2D eigenvalue weighted by atomic mass is 10.1. The fourth-order valence-electron chi connectivity index (χ4n) is 3.98. The second kappa shape index (κ2) is 7.92. The monoisotopic (exact) mass is 434 g/mol. The van der Waals surface area contributed by atoms with Crippen LogP contribution in [0.3, 0.4) is 0 Å². The van der Waals surface area contributed by atoms with E-state index < -0.39 is 11.8 Å². The molecule has 0 aliphatic rings.